The molecule has 2 rings (SSSR count). The summed E-state index contributed by atoms with van der Waals surface area (Å²) in [6.07, 6.45) is 1.32. The number of ether oxygens (including phenoxy) is 1. The molecule has 1 aromatic carbocycles. The lowest BCUT2D eigenvalue weighted by Gasteiger charge is -2.32. The summed E-state index contributed by atoms with van der Waals surface area (Å²) in [6.45, 7) is 2.74. The molecule has 0 saturated carbocycles. The first-order valence-electron chi connectivity index (χ1n) is 10.7. The van der Waals surface area contributed by atoms with Gasteiger partial charge in [0.15, 0.2) is 0 Å². The van der Waals surface area contributed by atoms with E-state index in [4.69, 9.17) is 4.74 Å². The van der Waals surface area contributed by atoms with Crippen LogP contribution in [0.25, 0.3) is 0 Å². The van der Waals surface area contributed by atoms with Crippen LogP contribution in [-0.2, 0) is 27.4 Å². The van der Waals surface area contributed by atoms with Crippen molar-refractivity contribution in [3.8, 4) is 5.75 Å². The van der Waals surface area contributed by atoms with Crippen molar-refractivity contribution in [1.82, 2.24) is 10.2 Å². The summed E-state index contributed by atoms with van der Waals surface area (Å²) in [7, 11) is 3.91. The number of carbonyl (C=O) groups is 2. The number of quaternary nitrogens is 1. The zero-order valence-corrected chi connectivity index (χ0v) is 18.7. The Morgan fingerprint density at radius 3 is 2.94 bits per heavy atom. The Morgan fingerprint density at radius 1 is 1.44 bits per heavy atom. The summed E-state index contributed by atoms with van der Waals surface area (Å²) < 4.78 is 6.38. The molecule has 1 unspecified atom stereocenters. The van der Waals surface area contributed by atoms with E-state index in [0.29, 0.717) is 37.2 Å². The van der Waals surface area contributed by atoms with Gasteiger partial charge < -0.3 is 29.4 Å². The number of likely N-dealkylation sites (N-methyl/N-ethyl adjacent to an activating group) is 1. The van der Waals surface area contributed by atoms with E-state index in [2.05, 4.69) is 10.2 Å². The van der Waals surface area contributed by atoms with Crippen LogP contribution in [0, 0.1) is 10.1 Å². The normalized spacial score (nSPS) is 14.3. The molecule has 0 bridgehead atoms. The number of hydrogen-bond donors (Lipinski definition) is 2. The van der Waals surface area contributed by atoms with Crippen molar-refractivity contribution in [2.75, 3.05) is 53.5 Å². The van der Waals surface area contributed by atoms with Crippen LogP contribution < -0.4 is 10.1 Å². The van der Waals surface area contributed by atoms with Crippen molar-refractivity contribution in [3.63, 3.8) is 0 Å². The first-order chi connectivity index (χ1) is 15.2. The van der Waals surface area contributed by atoms with Crippen molar-refractivity contribution >= 4 is 12.3 Å². The highest BCUT2D eigenvalue weighted by Crippen LogP contribution is 2.27. The summed E-state index contributed by atoms with van der Waals surface area (Å²) in [5.74, 6) is 0.550. The monoisotopic (exact) mass is 453 g/mol. The fourth-order valence-corrected chi connectivity index (χ4v) is 3.68. The Hall–Kier alpha value is -2.92. The van der Waals surface area contributed by atoms with Crippen LogP contribution in [0.2, 0.25) is 0 Å². The van der Waals surface area contributed by atoms with Crippen LogP contribution in [0.15, 0.2) is 18.2 Å². The number of benzene rings is 1. The molecular weight excluding hydrogens is 420 g/mol. The summed E-state index contributed by atoms with van der Waals surface area (Å²) in [6, 6.07) is 5.76. The van der Waals surface area contributed by atoms with E-state index in [1.54, 1.807) is 4.90 Å². The number of amides is 2. The maximum Gasteiger partial charge on any atom is 0.294 e. The van der Waals surface area contributed by atoms with Gasteiger partial charge in [-0.2, -0.15) is 0 Å². The molecule has 1 heterocycles. The standard InChI is InChI=1S/C21H32N4O7/c1-25(2,11-9-22-21(28)7-4-12-32-24(29)30)14-18(27)15-31-20-6-3-5-17-13-23(16-26)10-8-19(17)20/h3,5-6,16,18,27H,4,7-15H2,1-2H3/p+1. The summed E-state index contributed by atoms with van der Waals surface area (Å²) >= 11 is 0. The quantitative estimate of drug-likeness (QED) is 0.134. The molecule has 1 aliphatic rings. The Bertz CT molecular complexity index is 787. The third-order valence-electron chi connectivity index (χ3n) is 5.32. The zero-order chi connectivity index (χ0) is 23.6. The van der Waals surface area contributed by atoms with E-state index in [9.17, 15) is 24.8 Å². The number of nitrogens with one attached hydrogen (secondary N) is 1. The van der Waals surface area contributed by atoms with Crippen LogP contribution in [0.4, 0.5) is 0 Å². The molecule has 0 fully saturated rings. The van der Waals surface area contributed by atoms with Gasteiger partial charge in [0.25, 0.3) is 5.09 Å². The molecule has 0 spiro atoms. The Kier molecular flexibility index (Phi) is 9.66. The summed E-state index contributed by atoms with van der Waals surface area (Å²) in [4.78, 5) is 38.7. The van der Waals surface area contributed by atoms with Crippen molar-refractivity contribution in [2.45, 2.75) is 31.9 Å². The van der Waals surface area contributed by atoms with Gasteiger partial charge in [-0.05, 0) is 24.5 Å². The topological polar surface area (TPSA) is 131 Å². The minimum absolute atomic E-state index is 0.103. The number of nitrogens with zero attached hydrogens (tertiary/aromatic N) is 3. The summed E-state index contributed by atoms with van der Waals surface area (Å²) in [5.41, 5.74) is 2.14. The smallest absolute Gasteiger partial charge is 0.294 e. The fourth-order valence-electron chi connectivity index (χ4n) is 3.68. The maximum absolute atomic E-state index is 11.8. The van der Waals surface area contributed by atoms with Crippen LogP contribution >= 0.6 is 0 Å². The Morgan fingerprint density at radius 2 is 2.22 bits per heavy atom. The number of carbonyl (C=O) groups excluding carboxylic acids is 2. The molecule has 2 amide bonds. The van der Waals surface area contributed by atoms with Crippen LogP contribution in [-0.4, -0.2) is 91.5 Å². The predicted molar refractivity (Wildman–Crippen MR) is 115 cm³/mol. The van der Waals surface area contributed by atoms with E-state index < -0.39 is 11.2 Å². The average molecular weight is 454 g/mol. The lowest BCUT2D eigenvalue weighted by molar-refractivity contribution is -0.892. The van der Waals surface area contributed by atoms with E-state index in [0.717, 1.165) is 29.7 Å². The molecular formula is C21H33N4O7+. The van der Waals surface area contributed by atoms with Gasteiger partial charge in [-0.1, -0.05) is 12.1 Å². The molecule has 0 aliphatic carbocycles. The fraction of sp³-hybridized carbons (Fsp3) is 0.619. The van der Waals surface area contributed by atoms with Crippen molar-refractivity contribution in [3.05, 3.63) is 39.4 Å². The van der Waals surface area contributed by atoms with Gasteiger partial charge in [0, 0.05) is 25.1 Å². The van der Waals surface area contributed by atoms with Crippen molar-refractivity contribution in [1.29, 1.82) is 0 Å². The molecule has 11 heteroatoms. The minimum Gasteiger partial charge on any atom is -0.490 e. The second-order valence-electron chi connectivity index (χ2n) is 8.54. The van der Waals surface area contributed by atoms with E-state index in [1.807, 2.05) is 32.3 Å². The van der Waals surface area contributed by atoms with Gasteiger partial charge in [-0.25, -0.2) is 0 Å². The highest BCUT2D eigenvalue weighted by Gasteiger charge is 2.23. The lowest BCUT2D eigenvalue weighted by atomic mass is 9.99. The van der Waals surface area contributed by atoms with Gasteiger partial charge in [0.2, 0.25) is 12.3 Å². The molecule has 0 radical (unpaired) electrons. The van der Waals surface area contributed by atoms with Gasteiger partial charge in [-0.3, -0.25) is 9.59 Å². The molecule has 32 heavy (non-hydrogen) atoms. The van der Waals surface area contributed by atoms with Crippen LogP contribution in [0.1, 0.15) is 24.0 Å². The predicted octanol–water partition coefficient (Wildman–Crippen LogP) is 0.122. The maximum atomic E-state index is 11.8. The highest BCUT2D eigenvalue weighted by atomic mass is 16.9. The number of aliphatic hydroxyl groups is 1. The number of hydrogen-bond acceptors (Lipinski definition) is 7. The van der Waals surface area contributed by atoms with E-state index >= 15 is 0 Å². The Balaban J connectivity index is 1.71. The Labute approximate surface area is 187 Å². The van der Waals surface area contributed by atoms with E-state index in [-0.39, 0.29) is 32.0 Å². The number of aliphatic hydroxyl groups excluding tert-OH is 1. The highest BCUT2D eigenvalue weighted by molar-refractivity contribution is 5.75. The summed E-state index contributed by atoms with van der Waals surface area (Å²) in [5, 5.41) is 22.4. The molecule has 1 atom stereocenters. The van der Waals surface area contributed by atoms with E-state index in [1.165, 1.54) is 0 Å². The van der Waals surface area contributed by atoms with Crippen molar-refractivity contribution in [2.24, 2.45) is 0 Å². The van der Waals surface area contributed by atoms with Gasteiger partial charge in [-0.15, -0.1) is 10.1 Å². The largest absolute Gasteiger partial charge is 0.490 e. The second-order valence-corrected chi connectivity index (χ2v) is 8.54. The molecule has 0 saturated heterocycles. The van der Waals surface area contributed by atoms with Gasteiger partial charge in [0.1, 0.15) is 25.0 Å². The molecule has 11 nitrogen and oxygen atoms in total. The number of fused-ring (bicyclic) bond motifs is 1. The molecule has 1 aromatic rings. The first-order valence-corrected chi connectivity index (χ1v) is 10.7. The third-order valence-corrected chi connectivity index (χ3v) is 5.32. The SMILES string of the molecule is C[N+](C)(CCNC(=O)CCCO[N+](=O)[O-])CC(O)COc1cccc2c1CCN(C=O)C2. The molecule has 178 valence electrons. The van der Waals surface area contributed by atoms with Crippen LogP contribution in [0.5, 0.6) is 5.75 Å². The average Bonchev–Trinajstić information content (AvgIpc) is 2.74. The molecule has 0 aromatic heterocycles. The molecule has 2 N–H and O–H groups in total. The van der Waals surface area contributed by atoms with Crippen LogP contribution in [0.3, 0.4) is 0 Å². The number of rotatable bonds is 14. The molecule has 1 aliphatic heterocycles. The van der Waals surface area contributed by atoms with Gasteiger partial charge >= 0.3 is 0 Å². The minimum atomic E-state index is -0.874. The lowest BCUT2D eigenvalue weighted by Crippen LogP contribution is -2.50. The zero-order valence-electron chi connectivity index (χ0n) is 18.7. The first kappa shape index (κ1) is 25.3. The van der Waals surface area contributed by atoms with Gasteiger partial charge in [0.05, 0.1) is 33.8 Å². The van der Waals surface area contributed by atoms with Crippen molar-refractivity contribution < 1.29 is 33.8 Å². The second kappa shape index (κ2) is 12.2. The third kappa shape index (κ3) is 8.67.